The number of hydrogen-bond acceptors (Lipinski definition) is 0. The van der Waals surface area contributed by atoms with Crippen molar-refractivity contribution in [1.29, 1.82) is 0 Å². The Morgan fingerprint density at radius 1 is 0.857 bits per heavy atom. The fourth-order valence-electron chi connectivity index (χ4n) is 6.47. The number of hydrogen-bond donors (Lipinski definition) is 0. The van der Waals surface area contributed by atoms with Crippen LogP contribution in [0.4, 0.5) is 0 Å². The highest BCUT2D eigenvalue weighted by atomic mass is 79.9. The lowest BCUT2D eigenvalue weighted by molar-refractivity contribution is 0.132. The monoisotopic (exact) mass is 380 g/mol. The van der Waals surface area contributed by atoms with E-state index in [0.29, 0.717) is 3.23 Å². The average molecular weight is 383 g/mol. The van der Waals surface area contributed by atoms with Gasteiger partial charge in [-0.15, -0.1) is 0 Å². The van der Waals surface area contributed by atoms with E-state index in [1.165, 1.54) is 0 Å². The highest BCUT2D eigenvalue weighted by Gasteiger charge is 2.86. The van der Waals surface area contributed by atoms with Gasteiger partial charge in [0.25, 0.3) is 0 Å². The van der Waals surface area contributed by atoms with Crippen molar-refractivity contribution >= 4 is 47.8 Å². The summed E-state index contributed by atoms with van der Waals surface area (Å²) in [5, 5.41) is 0. The fraction of sp³-hybridized carbons (Fsp3) is 1.00. The molecule has 0 aromatic heterocycles. The van der Waals surface area contributed by atoms with Gasteiger partial charge in [0.1, 0.15) is 0 Å². The highest BCUT2D eigenvalue weighted by Crippen LogP contribution is 2.88. The van der Waals surface area contributed by atoms with Crippen LogP contribution < -0.4 is 0 Å². The maximum absolute atomic E-state index is 4.01. The normalized spacial score (nSPS) is 78.6. The van der Waals surface area contributed by atoms with E-state index >= 15 is 0 Å². The number of rotatable bonds is 0. The predicted molar refractivity (Wildman–Crippen MR) is 65.8 cm³/mol. The Bertz CT molecular complexity index is 350. The third kappa shape index (κ3) is 0.551. The van der Waals surface area contributed by atoms with Gasteiger partial charge in [-0.25, -0.2) is 0 Å². The van der Waals surface area contributed by atoms with Gasteiger partial charge in [-0.1, -0.05) is 47.8 Å². The summed E-state index contributed by atoms with van der Waals surface area (Å²) in [6, 6.07) is 0. The van der Waals surface area contributed by atoms with Crippen molar-refractivity contribution in [3.8, 4) is 0 Å². The van der Waals surface area contributed by atoms with Gasteiger partial charge in [0, 0.05) is 4.83 Å². The van der Waals surface area contributed by atoms with Crippen LogP contribution in [0.1, 0.15) is 6.42 Å². The molecule has 6 aliphatic rings. The molecule has 14 heavy (non-hydrogen) atoms. The second-order valence-corrected chi connectivity index (χ2v) is 10.8. The number of alkyl halides is 3. The van der Waals surface area contributed by atoms with E-state index in [1.54, 1.807) is 6.42 Å². The van der Waals surface area contributed by atoms with E-state index in [1.807, 2.05) is 0 Å². The molecule has 76 valence electrons. The fourth-order valence-corrected chi connectivity index (χ4v) is 10.4. The van der Waals surface area contributed by atoms with Gasteiger partial charge >= 0.3 is 0 Å². The van der Waals surface area contributed by atoms with Crippen LogP contribution in [0.15, 0.2) is 0 Å². The lowest BCUT2D eigenvalue weighted by atomic mass is 9.71. The Morgan fingerprint density at radius 3 is 2.29 bits per heavy atom. The molecular weight excluding hydrogens is 372 g/mol. The first-order valence-corrected chi connectivity index (χ1v) is 8.16. The van der Waals surface area contributed by atoms with Gasteiger partial charge < -0.3 is 0 Å². The summed E-state index contributed by atoms with van der Waals surface area (Å²) in [6.45, 7) is 0. The molecule has 0 saturated heterocycles. The molecule has 0 spiro atoms. The first-order chi connectivity index (χ1) is 6.64. The van der Waals surface area contributed by atoms with Gasteiger partial charge in [-0.3, -0.25) is 0 Å². The molecule has 0 nitrogen and oxygen atoms in total. The zero-order valence-corrected chi connectivity index (χ0v) is 12.3. The quantitative estimate of drug-likeness (QED) is 0.561. The smallest absolute Gasteiger partial charge is 0.0873 e. The van der Waals surface area contributed by atoms with Gasteiger partial charge in [0.15, 0.2) is 0 Å². The molecule has 6 saturated carbocycles. The van der Waals surface area contributed by atoms with Crippen LogP contribution in [0.2, 0.25) is 0 Å². The van der Waals surface area contributed by atoms with Gasteiger partial charge in [-0.2, -0.15) is 0 Å². The predicted octanol–water partition coefficient (Wildman–Crippen LogP) is 3.62. The molecule has 3 heteroatoms. The molecule has 0 aliphatic heterocycles. The van der Waals surface area contributed by atoms with E-state index in [-0.39, 0.29) is 0 Å². The molecule has 0 heterocycles. The molecule has 9 unspecified atom stereocenters. The maximum atomic E-state index is 4.01. The summed E-state index contributed by atoms with van der Waals surface area (Å²) in [7, 11) is 0. The molecule has 6 fully saturated rings. The van der Waals surface area contributed by atoms with Crippen LogP contribution >= 0.6 is 47.8 Å². The largest absolute Gasteiger partial charge is 0.0884 e. The van der Waals surface area contributed by atoms with E-state index in [4.69, 9.17) is 0 Å². The van der Waals surface area contributed by atoms with Crippen LogP contribution in [0.5, 0.6) is 0 Å². The second-order valence-electron chi connectivity index (χ2n) is 6.04. The standard InChI is InChI=1S/C11H11Br3/c12-10-6-2-1-3-5(6)9-7(10)4(2)8(3)11(9,13)14/h2-10H,1H2. The van der Waals surface area contributed by atoms with Gasteiger partial charge in [0.05, 0.1) is 3.23 Å². The molecule has 0 N–H and O–H groups in total. The van der Waals surface area contributed by atoms with Crippen LogP contribution in [-0.4, -0.2) is 8.06 Å². The molecule has 9 atom stereocenters. The maximum Gasteiger partial charge on any atom is 0.0873 e. The molecule has 6 rings (SSSR count). The van der Waals surface area contributed by atoms with Gasteiger partial charge in [0.2, 0.25) is 0 Å². The molecule has 0 radical (unpaired) electrons. The van der Waals surface area contributed by atoms with Crippen LogP contribution in [0.3, 0.4) is 0 Å². The van der Waals surface area contributed by atoms with E-state index in [0.717, 1.165) is 52.2 Å². The Kier molecular flexibility index (Phi) is 1.26. The summed E-state index contributed by atoms with van der Waals surface area (Å²) < 4.78 is 0.330. The van der Waals surface area contributed by atoms with E-state index in [2.05, 4.69) is 47.8 Å². The second kappa shape index (κ2) is 2.08. The van der Waals surface area contributed by atoms with Crippen molar-refractivity contribution in [3.05, 3.63) is 0 Å². The van der Waals surface area contributed by atoms with Crippen molar-refractivity contribution in [2.24, 2.45) is 47.3 Å². The Morgan fingerprint density at radius 2 is 1.57 bits per heavy atom. The van der Waals surface area contributed by atoms with Crippen molar-refractivity contribution in [2.75, 3.05) is 0 Å². The Labute approximate surface area is 109 Å². The summed E-state index contributed by atoms with van der Waals surface area (Å²) in [4.78, 5) is 0.861. The van der Waals surface area contributed by atoms with Gasteiger partial charge in [-0.05, 0) is 53.8 Å². The van der Waals surface area contributed by atoms with Crippen molar-refractivity contribution in [2.45, 2.75) is 14.5 Å². The first kappa shape index (κ1) is 8.52. The first-order valence-electron chi connectivity index (χ1n) is 5.66. The minimum Gasteiger partial charge on any atom is -0.0884 e. The zero-order valence-electron chi connectivity index (χ0n) is 7.54. The topological polar surface area (TPSA) is 0 Å². The summed E-state index contributed by atoms with van der Waals surface area (Å²) in [5.74, 6) is 8.23. The zero-order chi connectivity index (χ0) is 9.40. The molecule has 0 aromatic rings. The third-order valence-electron chi connectivity index (χ3n) is 6.25. The lowest BCUT2D eigenvalue weighted by Crippen LogP contribution is -2.30. The van der Waals surface area contributed by atoms with Crippen LogP contribution in [0.25, 0.3) is 0 Å². The third-order valence-corrected chi connectivity index (χ3v) is 9.58. The van der Waals surface area contributed by atoms with E-state index in [9.17, 15) is 0 Å². The Balaban J connectivity index is 1.85. The minimum atomic E-state index is 0.330. The van der Waals surface area contributed by atoms with Crippen LogP contribution in [-0.2, 0) is 0 Å². The van der Waals surface area contributed by atoms with E-state index < -0.39 is 0 Å². The SMILES string of the molecule is BrC1C2C3CC4C2C2C1C3C4C2(Br)Br. The van der Waals surface area contributed by atoms with Crippen molar-refractivity contribution < 1.29 is 0 Å². The summed E-state index contributed by atoms with van der Waals surface area (Å²) in [6.07, 6.45) is 1.55. The molecule has 0 amide bonds. The molecule has 6 aliphatic carbocycles. The lowest BCUT2D eigenvalue weighted by Gasteiger charge is -2.33. The molecule has 6 bridgehead atoms. The summed E-state index contributed by atoms with van der Waals surface area (Å²) in [5.41, 5.74) is 0. The van der Waals surface area contributed by atoms with Crippen molar-refractivity contribution in [3.63, 3.8) is 0 Å². The highest BCUT2D eigenvalue weighted by molar-refractivity contribution is 9.25. The average Bonchev–Trinajstić information content (AvgIpc) is 2.79. The molecular formula is C11H11Br3. The van der Waals surface area contributed by atoms with Crippen LogP contribution in [0, 0.1) is 47.3 Å². The Hall–Kier alpha value is 1.44. The van der Waals surface area contributed by atoms with Crippen molar-refractivity contribution in [1.82, 2.24) is 0 Å². The number of halogens is 3. The summed E-state index contributed by atoms with van der Waals surface area (Å²) >= 11 is 12.0. The molecule has 0 aromatic carbocycles. The minimum absolute atomic E-state index is 0.330.